The summed E-state index contributed by atoms with van der Waals surface area (Å²) in [5.41, 5.74) is 3.93. The predicted molar refractivity (Wildman–Crippen MR) is 131 cm³/mol. The summed E-state index contributed by atoms with van der Waals surface area (Å²) < 4.78 is 3.10. The van der Waals surface area contributed by atoms with Crippen molar-refractivity contribution in [1.29, 1.82) is 0 Å². The molecule has 1 N–H and O–H groups in total. The van der Waals surface area contributed by atoms with Crippen molar-refractivity contribution >= 4 is 29.0 Å². The largest absolute Gasteiger partial charge is 0.326 e. The zero-order valence-corrected chi connectivity index (χ0v) is 19.5. The predicted octanol–water partition coefficient (Wildman–Crippen LogP) is 4.50. The minimum absolute atomic E-state index is 0.108. The maximum absolute atomic E-state index is 13.3. The van der Waals surface area contributed by atoms with E-state index in [4.69, 9.17) is 11.6 Å². The summed E-state index contributed by atoms with van der Waals surface area (Å²) in [4.78, 5) is 30.8. The van der Waals surface area contributed by atoms with Crippen LogP contribution in [0, 0.1) is 20.8 Å². The van der Waals surface area contributed by atoms with Crippen molar-refractivity contribution in [3.63, 3.8) is 0 Å². The number of anilines is 1. The van der Waals surface area contributed by atoms with Gasteiger partial charge in [-0.15, -0.1) is 11.7 Å². The number of hydrogen-bond acceptors (Lipinski definition) is 4. The van der Waals surface area contributed by atoms with Crippen molar-refractivity contribution in [2.24, 2.45) is 0 Å². The van der Waals surface area contributed by atoms with Crippen LogP contribution in [0.3, 0.4) is 0 Å². The van der Waals surface area contributed by atoms with Gasteiger partial charge in [0, 0.05) is 34.1 Å². The average Bonchev–Trinajstić information content (AvgIpc) is 3.23. The Kier molecular flexibility index (Phi) is 6.16. The second-order valence-electron chi connectivity index (χ2n) is 7.92. The highest BCUT2D eigenvalue weighted by molar-refractivity contribution is 6.31. The van der Waals surface area contributed by atoms with Gasteiger partial charge in [-0.1, -0.05) is 53.6 Å². The van der Waals surface area contributed by atoms with Gasteiger partial charge in [-0.05, 0) is 38.5 Å². The lowest BCUT2D eigenvalue weighted by Gasteiger charge is -2.14. The Morgan fingerprint density at radius 3 is 2.58 bits per heavy atom. The first kappa shape index (κ1) is 22.5. The molecule has 2 aromatic carbocycles. The number of halogens is 1. The number of fused-ring (bicyclic) bond motifs is 1. The maximum Gasteiger partial charge on any atom is 0.279 e. The van der Waals surface area contributed by atoms with E-state index >= 15 is 0 Å². The molecular weight excluding hydrogens is 438 g/mol. The number of carbonyl (C=O) groups excluding carboxylic acids is 1. The maximum atomic E-state index is 13.3. The molecule has 0 radical (unpaired) electrons. The number of aromatic nitrogens is 4. The van der Waals surface area contributed by atoms with Crippen LogP contribution in [0.5, 0.6) is 0 Å². The number of amides is 1. The number of rotatable bonds is 6. The lowest BCUT2D eigenvalue weighted by Crippen LogP contribution is -2.29. The van der Waals surface area contributed by atoms with Crippen molar-refractivity contribution in [3.8, 4) is 11.4 Å². The second-order valence-corrected chi connectivity index (χ2v) is 8.33. The van der Waals surface area contributed by atoms with E-state index in [0.29, 0.717) is 40.1 Å². The average molecular weight is 462 g/mol. The molecule has 0 saturated heterocycles. The van der Waals surface area contributed by atoms with Crippen molar-refractivity contribution in [2.75, 3.05) is 5.32 Å². The SMILES string of the molecule is C=CCn1c(C)c(CC(=O)Nc2cccc(Cl)c2C)c(=O)n2nc(-c3ccc(C)cc3)nc12. The number of carbonyl (C=O) groups is 1. The molecule has 2 heterocycles. The van der Waals surface area contributed by atoms with E-state index in [0.717, 1.165) is 16.7 Å². The lowest BCUT2D eigenvalue weighted by molar-refractivity contribution is -0.115. The molecule has 0 fully saturated rings. The summed E-state index contributed by atoms with van der Waals surface area (Å²) >= 11 is 6.16. The number of nitrogens with zero attached hydrogens (tertiary/aromatic N) is 4. The molecule has 0 aliphatic carbocycles. The standard InChI is InChI=1S/C25H24ClN5O2/c1-5-13-30-17(4)19(14-22(32)27-21-8-6-7-20(26)16(21)3)24(33)31-25(30)28-23(29-31)18-11-9-15(2)10-12-18/h5-12H,1,13-14H2,2-4H3,(H,27,32). The highest BCUT2D eigenvalue weighted by Gasteiger charge is 2.20. The molecule has 33 heavy (non-hydrogen) atoms. The van der Waals surface area contributed by atoms with Crippen LogP contribution < -0.4 is 10.9 Å². The first-order valence-electron chi connectivity index (χ1n) is 10.5. The van der Waals surface area contributed by atoms with E-state index in [1.165, 1.54) is 4.52 Å². The Hall–Kier alpha value is -3.71. The van der Waals surface area contributed by atoms with Crippen LogP contribution in [0.1, 0.15) is 22.4 Å². The number of allylic oxidation sites excluding steroid dienone is 1. The molecule has 0 atom stereocenters. The van der Waals surface area contributed by atoms with Crippen LogP contribution in [0.4, 0.5) is 5.69 Å². The third kappa shape index (κ3) is 4.32. The van der Waals surface area contributed by atoms with Gasteiger partial charge in [-0.25, -0.2) is 0 Å². The molecule has 8 heteroatoms. The van der Waals surface area contributed by atoms with E-state index < -0.39 is 0 Å². The second kappa shape index (κ2) is 9.03. The zero-order chi connectivity index (χ0) is 23.7. The number of aryl methyl sites for hydroxylation is 1. The van der Waals surface area contributed by atoms with E-state index in [1.54, 1.807) is 31.2 Å². The summed E-state index contributed by atoms with van der Waals surface area (Å²) in [6, 6.07) is 13.1. The molecule has 2 aromatic heterocycles. The molecule has 0 unspecified atom stereocenters. The lowest BCUT2D eigenvalue weighted by atomic mass is 10.1. The van der Waals surface area contributed by atoms with E-state index in [-0.39, 0.29) is 17.9 Å². The van der Waals surface area contributed by atoms with Crippen LogP contribution in [-0.4, -0.2) is 25.1 Å². The van der Waals surface area contributed by atoms with E-state index in [2.05, 4.69) is 22.0 Å². The monoisotopic (exact) mass is 461 g/mol. The fourth-order valence-corrected chi connectivity index (χ4v) is 3.86. The molecule has 0 aliphatic rings. The fourth-order valence-electron chi connectivity index (χ4n) is 3.68. The summed E-state index contributed by atoms with van der Waals surface area (Å²) in [7, 11) is 0. The molecule has 4 aromatic rings. The Bertz CT molecular complexity index is 1430. The number of benzene rings is 2. The Morgan fingerprint density at radius 1 is 1.15 bits per heavy atom. The van der Waals surface area contributed by atoms with Gasteiger partial charge in [0.15, 0.2) is 5.82 Å². The molecule has 168 valence electrons. The van der Waals surface area contributed by atoms with E-state index in [1.807, 2.05) is 42.7 Å². The quantitative estimate of drug-likeness (QED) is 0.428. The van der Waals surface area contributed by atoms with Crippen LogP contribution in [0.25, 0.3) is 17.2 Å². The topological polar surface area (TPSA) is 81.3 Å². The van der Waals surface area contributed by atoms with Gasteiger partial charge < -0.3 is 9.88 Å². The van der Waals surface area contributed by atoms with Gasteiger partial charge in [0.2, 0.25) is 11.7 Å². The van der Waals surface area contributed by atoms with Crippen molar-refractivity contribution in [1.82, 2.24) is 19.2 Å². The highest BCUT2D eigenvalue weighted by atomic mass is 35.5. The van der Waals surface area contributed by atoms with Crippen LogP contribution in [0.2, 0.25) is 5.02 Å². The summed E-state index contributed by atoms with van der Waals surface area (Å²) in [6.45, 7) is 9.87. The molecular formula is C25H24ClN5O2. The number of hydrogen-bond donors (Lipinski definition) is 1. The Balaban J connectivity index is 1.77. The molecule has 0 bridgehead atoms. The fraction of sp³-hybridized carbons (Fsp3) is 0.200. The highest BCUT2D eigenvalue weighted by Crippen LogP contribution is 2.23. The van der Waals surface area contributed by atoms with Crippen molar-refractivity contribution in [3.05, 3.63) is 92.9 Å². The Labute approximate surface area is 196 Å². The number of nitrogens with one attached hydrogen (secondary N) is 1. The third-order valence-electron chi connectivity index (χ3n) is 5.62. The van der Waals surface area contributed by atoms with Gasteiger partial charge in [-0.2, -0.15) is 9.50 Å². The molecule has 7 nitrogen and oxygen atoms in total. The van der Waals surface area contributed by atoms with E-state index in [9.17, 15) is 9.59 Å². The molecule has 0 saturated carbocycles. The molecule has 0 spiro atoms. The van der Waals surface area contributed by atoms with Crippen molar-refractivity contribution < 1.29 is 4.79 Å². The van der Waals surface area contributed by atoms with Crippen LogP contribution in [0.15, 0.2) is 59.9 Å². The zero-order valence-electron chi connectivity index (χ0n) is 18.7. The minimum atomic E-state index is -0.369. The van der Waals surface area contributed by atoms with Crippen molar-refractivity contribution in [2.45, 2.75) is 33.7 Å². The first-order valence-corrected chi connectivity index (χ1v) is 10.9. The normalized spacial score (nSPS) is 11.0. The Morgan fingerprint density at radius 2 is 1.88 bits per heavy atom. The minimum Gasteiger partial charge on any atom is -0.326 e. The van der Waals surface area contributed by atoms with Gasteiger partial charge in [-0.3, -0.25) is 9.59 Å². The summed E-state index contributed by atoms with van der Waals surface area (Å²) in [5.74, 6) is 0.534. The summed E-state index contributed by atoms with van der Waals surface area (Å²) in [6.07, 6.45) is 1.61. The molecule has 4 rings (SSSR count). The van der Waals surface area contributed by atoms with Crippen LogP contribution in [-0.2, 0) is 17.8 Å². The van der Waals surface area contributed by atoms with Gasteiger partial charge in [0.25, 0.3) is 5.56 Å². The smallest absolute Gasteiger partial charge is 0.279 e. The third-order valence-corrected chi connectivity index (χ3v) is 6.03. The molecule has 0 aliphatic heterocycles. The first-order chi connectivity index (χ1) is 15.8. The molecule has 1 amide bonds. The van der Waals surface area contributed by atoms with Gasteiger partial charge >= 0.3 is 0 Å². The van der Waals surface area contributed by atoms with Crippen LogP contribution >= 0.6 is 11.6 Å². The summed E-state index contributed by atoms with van der Waals surface area (Å²) in [5, 5.41) is 7.88. The van der Waals surface area contributed by atoms with Gasteiger partial charge in [0.05, 0.1) is 6.42 Å². The van der Waals surface area contributed by atoms with Gasteiger partial charge in [0.1, 0.15) is 0 Å².